The number of piperidine rings is 1. The monoisotopic (exact) mass is 308 g/mol. The number of H-pyrrole nitrogens is 1. The minimum atomic E-state index is 0. The van der Waals surface area contributed by atoms with E-state index in [0.29, 0.717) is 12.5 Å². The van der Waals surface area contributed by atoms with Crippen molar-refractivity contribution in [2.24, 2.45) is 0 Å². The van der Waals surface area contributed by atoms with Crippen molar-refractivity contribution in [1.82, 2.24) is 20.4 Å². The summed E-state index contributed by atoms with van der Waals surface area (Å²) in [7, 11) is 1.99. The van der Waals surface area contributed by atoms with Crippen LogP contribution < -0.4 is 5.32 Å². The smallest absolute Gasteiger partial charge is 0.228 e. The first-order valence-corrected chi connectivity index (χ1v) is 7.15. The molecule has 1 aliphatic heterocycles. The van der Waals surface area contributed by atoms with Gasteiger partial charge in [-0.2, -0.15) is 5.10 Å². The molecule has 114 valence electrons. The zero-order chi connectivity index (χ0) is 13.9. The van der Waals surface area contributed by atoms with Gasteiger partial charge in [-0.25, -0.2) is 0 Å². The Morgan fingerprint density at radius 1 is 1.38 bits per heavy atom. The van der Waals surface area contributed by atoms with Gasteiger partial charge in [-0.3, -0.25) is 9.89 Å². The largest absolute Gasteiger partial charge is 0.342 e. The third kappa shape index (κ3) is 3.36. The lowest BCUT2D eigenvalue weighted by molar-refractivity contribution is -0.131. The molecule has 1 aliphatic rings. The second kappa shape index (κ2) is 6.91. The summed E-state index contributed by atoms with van der Waals surface area (Å²) in [5.74, 6) is 0.189. The topological polar surface area (TPSA) is 61.0 Å². The zero-order valence-electron chi connectivity index (χ0n) is 12.1. The number of amides is 1. The fraction of sp³-hybridized carbons (Fsp3) is 0.467. The van der Waals surface area contributed by atoms with E-state index in [9.17, 15) is 4.79 Å². The van der Waals surface area contributed by atoms with Crippen LogP contribution in [0.1, 0.15) is 18.5 Å². The van der Waals surface area contributed by atoms with Gasteiger partial charge in [0.15, 0.2) is 0 Å². The summed E-state index contributed by atoms with van der Waals surface area (Å²) in [5, 5.41) is 11.6. The Morgan fingerprint density at radius 3 is 2.81 bits per heavy atom. The highest BCUT2D eigenvalue weighted by Gasteiger charge is 2.22. The SMILES string of the molecule is CNC1CCN(C(=O)Cc2[nH]nc3ccccc23)CC1.Cl. The fourth-order valence-corrected chi connectivity index (χ4v) is 2.83. The molecule has 2 aromatic rings. The van der Waals surface area contributed by atoms with Crippen molar-refractivity contribution in [2.45, 2.75) is 25.3 Å². The first-order valence-electron chi connectivity index (χ1n) is 7.15. The van der Waals surface area contributed by atoms with Gasteiger partial charge >= 0.3 is 0 Å². The van der Waals surface area contributed by atoms with Crippen LogP contribution in [-0.2, 0) is 11.2 Å². The van der Waals surface area contributed by atoms with E-state index >= 15 is 0 Å². The molecule has 0 radical (unpaired) electrons. The molecular formula is C15H21ClN4O. The fourth-order valence-electron chi connectivity index (χ4n) is 2.83. The lowest BCUT2D eigenvalue weighted by Gasteiger charge is -2.31. The van der Waals surface area contributed by atoms with Crippen molar-refractivity contribution in [3.05, 3.63) is 30.0 Å². The molecule has 0 unspecified atom stereocenters. The number of nitrogens with zero attached hydrogens (tertiary/aromatic N) is 2. The van der Waals surface area contributed by atoms with Gasteiger partial charge in [0, 0.05) is 24.5 Å². The summed E-state index contributed by atoms with van der Waals surface area (Å²) in [5.41, 5.74) is 1.84. The first-order chi connectivity index (χ1) is 9.78. The third-order valence-electron chi connectivity index (χ3n) is 4.12. The maximum absolute atomic E-state index is 12.4. The van der Waals surface area contributed by atoms with Crippen molar-refractivity contribution < 1.29 is 4.79 Å². The number of aromatic nitrogens is 2. The summed E-state index contributed by atoms with van der Waals surface area (Å²) in [4.78, 5) is 14.3. The van der Waals surface area contributed by atoms with Gasteiger partial charge in [-0.05, 0) is 26.0 Å². The molecule has 1 aromatic heterocycles. The van der Waals surface area contributed by atoms with Crippen LogP contribution in [0.3, 0.4) is 0 Å². The predicted molar refractivity (Wildman–Crippen MR) is 85.7 cm³/mol. The average Bonchev–Trinajstić information content (AvgIpc) is 2.91. The van der Waals surface area contributed by atoms with Gasteiger partial charge in [0.25, 0.3) is 0 Å². The molecule has 5 nitrogen and oxygen atoms in total. The van der Waals surface area contributed by atoms with Crippen LogP contribution in [0, 0.1) is 0 Å². The van der Waals surface area contributed by atoms with E-state index in [1.807, 2.05) is 36.2 Å². The summed E-state index contributed by atoms with van der Waals surface area (Å²) in [6.45, 7) is 1.69. The van der Waals surface area contributed by atoms with E-state index < -0.39 is 0 Å². The normalized spacial score (nSPS) is 16.0. The van der Waals surface area contributed by atoms with Gasteiger partial charge in [-0.15, -0.1) is 12.4 Å². The number of rotatable bonds is 3. The first kappa shape index (κ1) is 15.8. The van der Waals surface area contributed by atoms with E-state index in [-0.39, 0.29) is 18.3 Å². The highest BCUT2D eigenvalue weighted by atomic mass is 35.5. The van der Waals surface area contributed by atoms with Crippen molar-refractivity contribution in [3.63, 3.8) is 0 Å². The number of fused-ring (bicyclic) bond motifs is 1. The summed E-state index contributed by atoms with van der Waals surface area (Å²) in [6, 6.07) is 8.45. The second-order valence-corrected chi connectivity index (χ2v) is 5.34. The quantitative estimate of drug-likeness (QED) is 0.908. The maximum atomic E-state index is 12.4. The van der Waals surface area contributed by atoms with Gasteiger partial charge in [0.05, 0.1) is 17.6 Å². The van der Waals surface area contributed by atoms with E-state index in [1.165, 1.54) is 0 Å². The van der Waals surface area contributed by atoms with E-state index in [2.05, 4.69) is 15.5 Å². The van der Waals surface area contributed by atoms with Crippen LogP contribution >= 0.6 is 12.4 Å². The molecule has 1 saturated heterocycles. The molecule has 0 aliphatic carbocycles. The van der Waals surface area contributed by atoms with Crippen molar-refractivity contribution in [1.29, 1.82) is 0 Å². The number of carbonyl (C=O) groups excluding carboxylic acids is 1. The van der Waals surface area contributed by atoms with Gasteiger partial charge in [0.2, 0.25) is 5.91 Å². The highest BCUT2D eigenvalue weighted by Crippen LogP contribution is 2.17. The molecule has 1 fully saturated rings. The molecule has 6 heteroatoms. The lowest BCUT2D eigenvalue weighted by atomic mass is 10.0. The Kier molecular flexibility index (Phi) is 5.20. The van der Waals surface area contributed by atoms with E-state index in [1.54, 1.807) is 0 Å². The Bertz CT molecular complexity index is 604. The molecule has 1 amide bonds. The maximum Gasteiger partial charge on any atom is 0.228 e. The zero-order valence-corrected chi connectivity index (χ0v) is 12.9. The van der Waals surface area contributed by atoms with Crippen LogP contribution in [0.4, 0.5) is 0 Å². The average molecular weight is 309 g/mol. The van der Waals surface area contributed by atoms with Crippen molar-refractivity contribution in [2.75, 3.05) is 20.1 Å². The second-order valence-electron chi connectivity index (χ2n) is 5.34. The number of hydrogen-bond acceptors (Lipinski definition) is 3. The summed E-state index contributed by atoms with van der Waals surface area (Å²) in [6.07, 6.45) is 2.47. The Hall–Kier alpha value is -1.59. The van der Waals surface area contributed by atoms with Crippen LogP contribution in [0.5, 0.6) is 0 Å². The number of halogens is 1. The molecule has 1 aromatic carbocycles. The van der Waals surface area contributed by atoms with Crippen LogP contribution in [0.25, 0.3) is 10.9 Å². The number of nitrogens with one attached hydrogen (secondary N) is 2. The lowest BCUT2D eigenvalue weighted by Crippen LogP contribution is -2.44. The molecule has 2 heterocycles. The molecule has 3 rings (SSSR count). The van der Waals surface area contributed by atoms with E-state index in [4.69, 9.17) is 0 Å². The summed E-state index contributed by atoms with van der Waals surface area (Å²) >= 11 is 0. The number of carbonyl (C=O) groups is 1. The minimum absolute atomic E-state index is 0. The van der Waals surface area contributed by atoms with Gasteiger partial charge < -0.3 is 10.2 Å². The molecule has 0 spiro atoms. The minimum Gasteiger partial charge on any atom is -0.342 e. The standard InChI is InChI=1S/C15H20N4O.ClH/c1-16-11-6-8-19(9-7-11)15(20)10-14-12-4-2-3-5-13(12)17-18-14;/h2-5,11,16H,6-10H2,1H3,(H,17,18);1H. The summed E-state index contributed by atoms with van der Waals surface area (Å²) < 4.78 is 0. The van der Waals surface area contributed by atoms with Crippen LogP contribution in [0.2, 0.25) is 0 Å². The van der Waals surface area contributed by atoms with Gasteiger partial charge in [-0.1, -0.05) is 18.2 Å². The van der Waals surface area contributed by atoms with Gasteiger partial charge in [0.1, 0.15) is 0 Å². The van der Waals surface area contributed by atoms with Crippen molar-refractivity contribution >= 4 is 29.2 Å². The predicted octanol–water partition coefficient (Wildman–Crippen LogP) is 1.74. The number of aromatic amines is 1. The number of para-hydroxylation sites is 1. The molecule has 0 bridgehead atoms. The Morgan fingerprint density at radius 2 is 2.10 bits per heavy atom. The van der Waals surface area contributed by atoms with Crippen molar-refractivity contribution in [3.8, 4) is 0 Å². The van der Waals surface area contributed by atoms with Crippen LogP contribution in [-0.4, -0.2) is 47.2 Å². The Labute approximate surface area is 130 Å². The molecular weight excluding hydrogens is 288 g/mol. The molecule has 0 atom stereocenters. The van der Waals surface area contributed by atoms with Crippen LogP contribution in [0.15, 0.2) is 24.3 Å². The third-order valence-corrected chi connectivity index (χ3v) is 4.12. The number of benzene rings is 1. The molecule has 2 N–H and O–H groups in total. The number of likely N-dealkylation sites (tertiary alicyclic amines) is 1. The highest BCUT2D eigenvalue weighted by molar-refractivity contribution is 5.87. The molecule has 0 saturated carbocycles. The Balaban J connectivity index is 0.00000161. The van der Waals surface area contributed by atoms with E-state index in [0.717, 1.165) is 42.5 Å². The number of hydrogen-bond donors (Lipinski definition) is 2. The molecule has 21 heavy (non-hydrogen) atoms.